The first kappa shape index (κ1) is 14.5. The molecule has 18 heavy (non-hydrogen) atoms. The van der Waals surface area contributed by atoms with Crippen molar-refractivity contribution in [3.63, 3.8) is 0 Å². The molecule has 0 fully saturated rings. The quantitative estimate of drug-likeness (QED) is 0.685. The molecule has 0 bridgehead atoms. The van der Waals surface area contributed by atoms with E-state index in [0.29, 0.717) is 25.5 Å². The lowest BCUT2D eigenvalue weighted by atomic mass is 10.2. The van der Waals surface area contributed by atoms with Crippen molar-refractivity contribution in [3.05, 3.63) is 29.8 Å². The molecular formula is C13H19NO4. The highest BCUT2D eigenvalue weighted by Crippen LogP contribution is 2.17. The maximum atomic E-state index is 10.9. The summed E-state index contributed by atoms with van der Waals surface area (Å²) in [5, 5.41) is 12.2. The van der Waals surface area contributed by atoms with E-state index in [2.05, 4.69) is 5.32 Å². The highest BCUT2D eigenvalue weighted by Gasteiger charge is 2.09. The number of hydrogen-bond acceptors (Lipinski definition) is 4. The maximum absolute atomic E-state index is 10.9. The van der Waals surface area contributed by atoms with Crippen molar-refractivity contribution in [2.24, 2.45) is 0 Å². The summed E-state index contributed by atoms with van der Waals surface area (Å²) in [5.41, 5.74) is 0.183. The van der Waals surface area contributed by atoms with Gasteiger partial charge in [-0.25, -0.2) is 4.79 Å². The summed E-state index contributed by atoms with van der Waals surface area (Å²) in [6, 6.07) is 6.85. The third kappa shape index (κ3) is 4.73. The van der Waals surface area contributed by atoms with Gasteiger partial charge < -0.3 is 19.9 Å². The van der Waals surface area contributed by atoms with Gasteiger partial charge >= 0.3 is 5.97 Å². The van der Waals surface area contributed by atoms with E-state index in [0.717, 1.165) is 0 Å². The van der Waals surface area contributed by atoms with Crippen LogP contribution in [0.4, 0.5) is 0 Å². The van der Waals surface area contributed by atoms with Crippen LogP contribution < -0.4 is 10.1 Å². The van der Waals surface area contributed by atoms with Crippen LogP contribution in [-0.4, -0.2) is 44.0 Å². The molecule has 1 unspecified atom stereocenters. The second-order valence-electron chi connectivity index (χ2n) is 3.96. The third-order valence-electron chi connectivity index (χ3n) is 2.39. The number of aromatic carboxylic acids is 1. The second-order valence-corrected chi connectivity index (χ2v) is 3.96. The fraction of sp³-hybridized carbons (Fsp3) is 0.462. The zero-order valence-corrected chi connectivity index (χ0v) is 10.7. The van der Waals surface area contributed by atoms with Crippen LogP contribution in [0.15, 0.2) is 24.3 Å². The first-order chi connectivity index (χ1) is 8.65. The van der Waals surface area contributed by atoms with Gasteiger partial charge in [-0.1, -0.05) is 12.1 Å². The highest BCUT2D eigenvalue weighted by molar-refractivity contribution is 5.90. The molecule has 1 rings (SSSR count). The van der Waals surface area contributed by atoms with Crippen LogP contribution in [0.3, 0.4) is 0 Å². The number of ether oxygens (including phenoxy) is 2. The molecule has 0 spiro atoms. The average Bonchev–Trinajstić information content (AvgIpc) is 2.35. The van der Waals surface area contributed by atoms with Gasteiger partial charge in [-0.05, 0) is 19.1 Å². The number of carboxylic acids is 1. The first-order valence-electron chi connectivity index (χ1n) is 5.82. The topological polar surface area (TPSA) is 67.8 Å². The van der Waals surface area contributed by atoms with Gasteiger partial charge in [0.1, 0.15) is 17.9 Å². The molecule has 0 heterocycles. The zero-order valence-electron chi connectivity index (χ0n) is 10.7. The Labute approximate surface area is 107 Å². The van der Waals surface area contributed by atoms with E-state index in [1.807, 2.05) is 6.92 Å². The van der Waals surface area contributed by atoms with Crippen molar-refractivity contribution < 1.29 is 19.4 Å². The van der Waals surface area contributed by atoms with Crippen LogP contribution in [0.2, 0.25) is 0 Å². The molecular weight excluding hydrogens is 234 g/mol. The van der Waals surface area contributed by atoms with E-state index in [-0.39, 0.29) is 11.6 Å². The summed E-state index contributed by atoms with van der Waals surface area (Å²) in [6.07, 6.45) is 0. The van der Waals surface area contributed by atoms with Gasteiger partial charge in [0.05, 0.1) is 6.61 Å². The van der Waals surface area contributed by atoms with Crippen molar-refractivity contribution in [1.82, 2.24) is 5.32 Å². The number of rotatable bonds is 8. The average molecular weight is 253 g/mol. The molecule has 2 N–H and O–H groups in total. The summed E-state index contributed by atoms with van der Waals surface area (Å²) >= 11 is 0. The number of nitrogens with one attached hydrogen (secondary N) is 1. The molecule has 0 aliphatic rings. The van der Waals surface area contributed by atoms with Crippen LogP contribution in [0.1, 0.15) is 17.3 Å². The SMILES string of the molecule is COCC(C)NCCOc1ccccc1C(=O)O. The van der Waals surface area contributed by atoms with E-state index in [9.17, 15) is 4.79 Å². The van der Waals surface area contributed by atoms with Gasteiger partial charge in [-0.2, -0.15) is 0 Å². The molecule has 0 aromatic heterocycles. The Balaban J connectivity index is 2.37. The Morgan fingerprint density at radius 1 is 1.44 bits per heavy atom. The standard InChI is InChI=1S/C13H19NO4/c1-10(9-17-2)14-7-8-18-12-6-4-3-5-11(12)13(15)16/h3-6,10,14H,7-9H2,1-2H3,(H,15,16). The molecule has 0 aliphatic heterocycles. The Kier molecular flexibility index (Phi) is 6.18. The molecule has 1 aromatic rings. The van der Waals surface area contributed by atoms with E-state index in [4.69, 9.17) is 14.6 Å². The largest absolute Gasteiger partial charge is 0.491 e. The Morgan fingerprint density at radius 3 is 2.83 bits per heavy atom. The number of para-hydroxylation sites is 1. The summed E-state index contributed by atoms with van der Waals surface area (Å²) in [7, 11) is 1.65. The van der Waals surface area contributed by atoms with Crippen LogP contribution in [0.5, 0.6) is 5.75 Å². The van der Waals surface area contributed by atoms with E-state index in [1.54, 1.807) is 25.3 Å². The fourth-order valence-electron chi connectivity index (χ4n) is 1.54. The molecule has 5 nitrogen and oxygen atoms in total. The molecule has 0 saturated heterocycles. The molecule has 0 radical (unpaired) electrons. The number of carbonyl (C=O) groups is 1. The molecule has 100 valence electrons. The number of hydrogen-bond donors (Lipinski definition) is 2. The summed E-state index contributed by atoms with van der Waals surface area (Å²) in [5.74, 6) is -0.586. The van der Waals surface area contributed by atoms with Gasteiger partial charge in [-0.3, -0.25) is 0 Å². The molecule has 0 amide bonds. The Bertz CT molecular complexity index is 381. The van der Waals surface area contributed by atoms with Gasteiger partial charge in [0.2, 0.25) is 0 Å². The van der Waals surface area contributed by atoms with Crippen molar-refractivity contribution in [1.29, 1.82) is 0 Å². The molecule has 5 heteroatoms. The van der Waals surface area contributed by atoms with E-state index < -0.39 is 5.97 Å². The van der Waals surface area contributed by atoms with Crippen molar-refractivity contribution >= 4 is 5.97 Å². The van der Waals surface area contributed by atoms with Gasteiger partial charge in [0, 0.05) is 19.7 Å². The number of methoxy groups -OCH3 is 1. The highest BCUT2D eigenvalue weighted by atomic mass is 16.5. The minimum absolute atomic E-state index is 0.183. The van der Waals surface area contributed by atoms with Gasteiger partial charge in [0.15, 0.2) is 0 Å². The van der Waals surface area contributed by atoms with Crippen LogP contribution in [0.25, 0.3) is 0 Å². The van der Waals surface area contributed by atoms with Crippen LogP contribution >= 0.6 is 0 Å². The normalized spacial score (nSPS) is 12.1. The molecule has 1 aromatic carbocycles. The Morgan fingerprint density at radius 2 is 2.17 bits per heavy atom. The van der Waals surface area contributed by atoms with Gasteiger partial charge in [0.25, 0.3) is 0 Å². The molecule has 0 aliphatic carbocycles. The second kappa shape index (κ2) is 7.68. The van der Waals surface area contributed by atoms with Crippen molar-refractivity contribution in [2.45, 2.75) is 13.0 Å². The minimum atomic E-state index is -0.980. The predicted molar refractivity (Wildman–Crippen MR) is 68.2 cm³/mol. The van der Waals surface area contributed by atoms with Crippen molar-refractivity contribution in [2.75, 3.05) is 26.9 Å². The number of carboxylic acid groups (broad SMARTS) is 1. The number of benzene rings is 1. The molecule has 1 atom stereocenters. The summed E-state index contributed by atoms with van der Waals surface area (Å²) in [4.78, 5) is 10.9. The van der Waals surface area contributed by atoms with Crippen molar-refractivity contribution in [3.8, 4) is 5.75 Å². The zero-order chi connectivity index (χ0) is 13.4. The van der Waals surface area contributed by atoms with E-state index in [1.165, 1.54) is 6.07 Å². The monoisotopic (exact) mass is 253 g/mol. The maximum Gasteiger partial charge on any atom is 0.339 e. The molecule has 0 saturated carbocycles. The Hall–Kier alpha value is -1.59. The summed E-state index contributed by atoms with van der Waals surface area (Å²) < 4.78 is 10.4. The van der Waals surface area contributed by atoms with Crippen LogP contribution in [-0.2, 0) is 4.74 Å². The minimum Gasteiger partial charge on any atom is -0.491 e. The van der Waals surface area contributed by atoms with Crippen LogP contribution in [0, 0.1) is 0 Å². The lowest BCUT2D eigenvalue weighted by Gasteiger charge is -2.13. The lowest BCUT2D eigenvalue weighted by molar-refractivity contribution is 0.0692. The van der Waals surface area contributed by atoms with E-state index >= 15 is 0 Å². The lowest BCUT2D eigenvalue weighted by Crippen LogP contribution is -2.33. The summed E-state index contributed by atoms with van der Waals surface area (Å²) in [6.45, 7) is 3.69. The predicted octanol–water partition coefficient (Wildman–Crippen LogP) is 1.39. The van der Waals surface area contributed by atoms with Gasteiger partial charge in [-0.15, -0.1) is 0 Å². The first-order valence-corrected chi connectivity index (χ1v) is 5.82. The fourth-order valence-corrected chi connectivity index (χ4v) is 1.54. The third-order valence-corrected chi connectivity index (χ3v) is 2.39. The smallest absolute Gasteiger partial charge is 0.339 e.